The van der Waals surface area contributed by atoms with Crippen molar-refractivity contribution < 1.29 is 44.2 Å². The highest BCUT2D eigenvalue weighted by atomic mass is 28.4. The molecule has 31 heavy (non-hydrogen) atoms. The molecule has 6 N–H and O–H groups in total. The number of aliphatic hydroxyl groups excluding tert-OH is 6. The van der Waals surface area contributed by atoms with E-state index in [-0.39, 0.29) is 52.9 Å². The van der Waals surface area contributed by atoms with E-state index < -0.39 is 27.5 Å². The topological polar surface area (TPSA) is 149 Å². The minimum atomic E-state index is -1.88. The maximum absolute atomic E-state index is 9.32. The lowest BCUT2D eigenvalue weighted by atomic mass is 9.93. The Morgan fingerprint density at radius 2 is 0.839 bits per heavy atom. The first-order valence-corrected chi connectivity index (χ1v) is 17.2. The Labute approximate surface area is 189 Å². The van der Waals surface area contributed by atoms with E-state index in [0.29, 0.717) is 13.2 Å². The second kappa shape index (κ2) is 15.1. The molecule has 0 radical (unpaired) electrons. The average Bonchev–Trinajstić information content (AvgIpc) is 2.73. The Hall–Kier alpha value is 0.0738. The van der Waals surface area contributed by atoms with Crippen molar-refractivity contribution in [2.24, 2.45) is 10.8 Å². The fourth-order valence-electron chi connectivity index (χ4n) is 3.20. The normalized spacial score (nSPS) is 13.7. The van der Waals surface area contributed by atoms with E-state index in [4.69, 9.17) is 13.6 Å². The van der Waals surface area contributed by atoms with Crippen molar-refractivity contribution in [3.63, 3.8) is 0 Å². The van der Waals surface area contributed by atoms with Gasteiger partial charge >= 0.3 is 0 Å². The second-order valence-electron chi connectivity index (χ2n) is 9.88. The lowest BCUT2D eigenvalue weighted by Crippen LogP contribution is -2.44. The minimum Gasteiger partial charge on any atom is -0.455 e. The molecule has 0 spiro atoms. The zero-order valence-corrected chi connectivity index (χ0v) is 21.8. The predicted molar refractivity (Wildman–Crippen MR) is 124 cm³/mol. The summed E-state index contributed by atoms with van der Waals surface area (Å²) in [5, 5.41) is 55.9. The van der Waals surface area contributed by atoms with E-state index in [1.165, 1.54) is 0 Å². The molecule has 0 fully saturated rings. The van der Waals surface area contributed by atoms with Crippen LogP contribution >= 0.6 is 0 Å². The SMILES string of the molecule is C[Si](C)(CCCOCC(CO)(CO)CO)O[Si](C)(C)CCCOCC(CO)(CO)CO. The Morgan fingerprint density at radius 3 is 1.10 bits per heavy atom. The lowest BCUT2D eigenvalue weighted by Gasteiger charge is -2.34. The van der Waals surface area contributed by atoms with E-state index in [1.807, 2.05) is 0 Å². The fourth-order valence-corrected chi connectivity index (χ4v) is 12.0. The first-order chi connectivity index (χ1) is 14.5. The molecule has 0 bridgehead atoms. The molecule has 9 nitrogen and oxygen atoms in total. The van der Waals surface area contributed by atoms with Crippen molar-refractivity contribution in [1.29, 1.82) is 0 Å². The van der Waals surface area contributed by atoms with Gasteiger partial charge in [0.1, 0.15) is 0 Å². The average molecular weight is 487 g/mol. The zero-order chi connectivity index (χ0) is 24.0. The van der Waals surface area contributed by atoms with Crippen LogP contribution in [0.1, 0.15) is 12.8 Å². The highest BCUT2D eigenvalue weighted by Gasteiger charge is 2.33. The van der Waals surface area contributed by atoms with Gasteiger partial charge in [-0.2, -0.15) is 0 Å². The third-order valence-corrected chi connectivity index (χ3v) is 13.1. The van der Waals surface area contributed by atoms with Crippen LogP contribution in [0.5, 0.6) is 0 Å². The van der Waals surface area contributed by atoms with Crippen molar-refractivity contribution >= 4 is 16.6 Å². The predicted octanol–water partition coefficient (Wildman–Crippen LogP) is 0.153. The maximum atomic E-state index is 9.32. The molecule has 0 amide bonds. The van der Waals surface area contributed by atoms with E-state index in [9.17, 15) is 30.6 Å². The third kappa shape index (κ3) is 12.2. The van der Waals surface area contributed by atoms with Gasteiger partial charge in [-0.15, -0.1) is 0 Å². The molecule has 0 saturated carbocycles. The molecule has 0 atom stereocenters. The van der Waals surface area contributed by atoms with E-state index in [1.54, 1.807) is 0 Å². The van der Waals surface area contributed by atoms with Crippen molar-refractivity contribution in [2.75, 3.05) is 66.1 Å². The van der Waals surface area contributed by atoms with Gasteiger partial charge < -0.3 is 44.2 Å². The Bertz CT molecular complexity index is 399. The quantitative estimate of drug-likeness (QED) is 0.104. The largest absolute Gasteiger partial charge is 0.455 e. The first-order valence-electron chi connectivity index (χ1n) is 11.0. The van der Waals surface area contributed by atoms with E-state index >= 15 is 0 Å². The molecule has 0 aromatic carbocycles. The number of hydrogen-bond acceptors (Lipinski definition) is 9. The van der Waals surface area contributed by atoms with Gasteiger partial charge in [0.2, 0.25) is 0 Å². The van der Waals surface area contributed by atoms with Gasteiger partial charge in [0.15, 0.2) is 16.6 Å². The van der Waals surface area contributed by atoms with Crippen LogP contribution in [0.25, 0.3) is 0 Å². The first kappa shape index (κ1) is 31.1. The molecule has 0 aliphatic heterocycles. The molecule has 0 unspecified atom stereocenters. The van der Waals surface area contributed by atoms with Gasteiger partial charge in [0, 0.05) is 13.2 Å². The molecular weight excluding hydrogens is 440 g/mol. The van der Waals surface area contributed by atoms with E-state index in [0.717, 1.165) is 24.9 Å². The summed E-state index contributed by atoms with van der Waals surface area (Å²) in [6, 6.07) is 1.85. The smallest absolute Gasteiger partial charge is 0.173 e. The molecule has 0 saturated heterocycles. The molecule has 0 heterocycles. The number of hydrogen-bond donors (Lipinski definition) is 6. The minimum absolute atomic E-state index is 0.115. The summed E-state index contributed by atoms with van der Waals surface area (Å²) in [7, 11) is -3.76. The van der Waals surface area contributed by atoms with Gasteiger partial charge in [-0.25, -0.2) is 0 Å². The fraction of sp³-hybridized carbons (Fsp3) is 1.00. The number of ether oxygens (including phenoxy) is 2. The molecule has 11 heteroatoms. The molecule has 0 rings (SSSR count). The monoisotopic (exact) mass is 486 g/mol. The van der Waals surface area contributed by atoms with Gasteiger partial charge in [-0.1, -0.05) is 0 Å². The molecule has 0 aromatic rings. The number of rotatable bonds is 20. The standard InChI is InChI=1S/C20H46O9Si2/c1-30(2,9-5-7-27-17-19(11-21,12-22)13-23)29-31(3,4)10-6-8-28-18-20(14-24,15-25)16-26/h21-26H,5-18H2,1-4H3. The summed E-state index contributed by atoms with van der Waals surface area (Å²) < 4.78 is 17.7. The van der Waals surface area contributed by atoms with Crippen LogP contribution in [0.15, 0.2) is 0 Å². The van der Waals surface area contributed by atoms with Crippen LogP contribution in [0.3, 0.4) is 0 Å². The summed E-state index contributed by atoms with van der Waals surface area (Å²) in [6.07, 6.45) is 1.63. The highest BCUT2D eigenvalue weighted by Crippen LogP contribution is 2.24. The highest BCUT2D eigenvalue weighted by molar-refractivity contribution is 6.84. The van der Waals surface area contributed by atoms with Gasteiger partial charge in [-0.3, -0.25) is 0 Å². The lowest BCUT2D eigenvalue weighted by molar-refractivity contribution is -0.0578. The summed E-state index contributed by atoms with van der Waals surface area (Å²) in [5.41, 5.74) is -1.99. The Morgan fingerprint density at radius 1 is 0.548 bits per heavy atom. The van der Waals surface area contributed by atoms with E-state index in [2.05, 4.69) is 26.2 Å². The Kier molecular flexibility index (Phi) is 15.1. The van der Waals surface area contributed by atoms with Gasteiger partial charge in [0.05, 0.1) is 63.7 Å². The van der Waals surface area contributed by atoms with Gasteiger partial charge in [0.25, 0.3) is 0 Å². The van der Waals surface area contributed by atoms with Gasteiger partial charge in [-0.05, 0) is 51.1 Å². The molecule has 188 valence electrons. The van der Waals surface area contributed by atoms with Crippen LogP contribution in [-0.4, -0.2) is 113 Å². The number of aliphatic hydroxyl groups is 6. The summed E-state index contributed by atoms with van der Waals surface area (Å²) in [6.45, 7) is 8.01. The van der Waals surface area contributed by atoms with Crippen LogP contribution in [0.2, 0.25) is 38.3 Å². The molecular formula is C20H46O9Si2. The third-order valence-electron chi connectivity index (χ3n) is 5.52. The van der Waals surface area contributed by atoms with Crippen LogP contribution < -0.4 is 0 Å². The molecule has 0 aromatic heterocycles. The molecule has 0 aliphatic rings. The summed E-state index contributed by atoms with van der Waals surface area (Å²) >= 11 is 0. The summed E-state index contributed by atoms with van der Waals surface area (Å²) in [5.74, 6) is 0. The van der Waals surface area contributed by atoms with Crippen molar-refractivity contribution in [3.05, 3.63) is 0 Å². The summed E-state index contributed by atoms with van der Waals surface area (Å²) in [4.78, 5) is 0. The van der Waals surface area contributed by atoms with Crippen LogP contribution in [-0.2, 0) is 13.6 Å². The van der Waals surface area contributed by atoms with Crippen molar-refractivity contribution in [2.45, 2.75) is 51.1 Å². The van der Waals surface area contributed by atoms with Crippen molar-refractivity contribution in [1.82, 2.24) is 0 Å². The maximum Gasteiger partial charge on any atom is 0.173 e. The van der Waals surface area contributed by atoms with Crippen molar-refractivity contribution in [3.8, 4) is 0 Å². The zero-order valence-electron chi connectivity index (χ0n) is 19.8. The second-order valence-corrected chi connectivity index (χ2v) is 18.7. The molecule has 0 aliphatic carbocycles. The van der Waals surface area contributed by atoms with Crippen LogP contribution in [0, 0.1) is 10.8 Å². The Balaban J connectivity index is 4.23. The van der Waals surface area contributed by atoms with Crippen LogP contribution in [0.4, 0.5) is 0 Å².